The van der Waals surface area contributed by atoms with Gasteiger partial charge in [0.1, 0.15) is 0 Å². The minimum Gasteiger partial charge on any atom is -0.275 e. The van der Waals surface area contributed by atoms with Crippen LogP contribution < -0.4 is 0 Å². The molecular formula is C9H15NS. The first-order chi connectivity index (χ1) is 5.22. The summed E-state index contributed by atoms with van der Waals surface area (Å²) in [6.07, 6.45) is 4.09. The topological polar surface area (TPSA) is 12.4 Å². The maximum Gasteiger partial charge on any atom is 0.0711 e. The van der Waals surface area contributed by atoms with E-state index in [4.69, 9.17) is 4.99 Å². The van der Waals surface area contributed by atoms with Gasteiger partial charge in [-0.15, -0.1) is 11.8 Å². The molecular weight excluding hydrogens is 154 g/mol. The molecule has 0 saturated heterocycles. The van der Waals surface area contributed by atoms with Crippen LogP contribution in [0.15, 0.2) is 4.99 Å². The van der Waals surface area contributed by atoms with E-state index in [2.05, 4.69) is 13.8 Å². The Morgan fingerprint density at radius 1 is 1.45 bits per heavy atom. The van der Waals surface area contributed by atoms with Gasteiger partial charge in [-0.3, -0.25) is 4.99 Å². The van der Waals surface area contributed by atoms with Crippen LogP contribution in [0.1, 0.15) is 33.1 Å². The number of rotatable bonds is 1. The van der Waals surface area contributed by atoms with Gasteiger partial charge in [0, 0.05) is 11.7 Å². The van der Waals surface area contributed by atoms with E-state index in [1.807, 2.05) is 11.8 Å². The Kier molecular flexibility index (Phi) is 1.75. The summed E-state index contributed by atoms with van der Waals surface area (Å²) in [6, 6.07) is 0. The van der Waals surface area contributed by atoms with Crippen molar-refractivity contribution in [1.82, 2.24) is 0 Å². The van der Waals surface area contributed by atoms with Crippen LogP contribution in [0.2, 0.25) is 0 Å². The first kappa shape index (κ1) is 7.66. The summed E-state index contributed by atoms with van der Waals surface area (Å²) in [7, 11) is 0. The van der Waals surface area contributed by atoms with Crippen LogP contribution in [0, 0.1) is 5.92 Å². The zero-order valence-corrected chi connectivity index (χ0v) is 8.08. The van der Waals surface area contributed by atoms with Gasteiger partial charge in [-0.1, -0.05) is 13.8 Å². The van der Waals surface area contributed by atoms with Gasteiger partial charge in [-0.05, 0) is 19.3 Å². The molecule has 0 radical (unpaired) electrons. The van der Waals surface area contributed by atoms with Gasteiger partial charge in [0.25, 0.3) is 0 Å². The van der Waals surface area contributed by atoms with Gasteiger partial charge in [-0.2, -0.15) is 0 Å². The van der Waals surface area contributed by atoms with Crippen LogP contribution in [0.25, 0.3) is 0 Å². The second-order valence-corrected chi connectivity index (χ2v) is 4.97. The van der Waals surface area contributed by atoms with Gasteiger partial charge in [-0.25, -0.2) is 0 Å². The van der Waals surface area contributed by atoms with E-state index in [9.17, 15) is 0 Å². The van der Waals surface area contributed by atoms with E-state index in [1.165, 1.54) is 30.1 Å². The lowest BCUT2D eigenvalue weighted by Crippen LogP contribution is -2.35. The van der Waals surface area contributed by atoms with Gasteiger partial charge in [0.2, 0.25) is 0 Å². The van der Waals surface area contributed by atoms with E-state index < -0.39 is 0 Å². The molecule has 0 bridgehead atoms. The molecule has 0 N–H and O–H groups in total. The number of hydrogen-bond donors (Lipinski definition) is 0. The highest BCUT2D eigenvalue weighted by Gasteiger charge is 2.41. The molecule has 1 heterocycles. The first-order valence-corrected chi connectivity index (χ1v) is 5.43. The standard InChI is InChI=1S/C9H15NS/c1-7(2)8-10-9(6-11-8)4-3-5-9/h7H,3-6H2,1-2H3. The van der Waals surface area contributed by atoms with Crippen molar-refractivity contribution in [3.8, 4) is 0 Å². The summed E-state index contributed by atoms with van der Waals surface area (Å²) in [5.74, 6) is 1.92. The molecule has 1 fully saturated rings. The molecule has 0 aromatic rings. The second-order valence-electron chi connectivity index (χ2n) is 3.97. The molecule has 62 valence electrons. The Balaban J connectivity index is 2.09. The Hall–Kier alpha value is 0.0200. The average molecular weight is 169 g/mol. The number of hydrogen-bond acceptors (Lipinski definition) is 2. The lowest BCUT2D eigenvalue weighted by atomic mass is 9.79. The highest BCUT2D eigenvalue weighted by Crippen LogP contribution is 2.44. The summed E-state index contributed by atoms with van der Waals surface area (Å²) < 4.78 is 0. The molecule has 1 saturated carbocycles. The Morgan fingerprint density at radius 2 is 2.18 bits per heavy atom. The van der Waals surface area contributed by atoms with Crippen LogP contribution >= 0.6 is 11.8 Å². The molecule has 0 atom stereocenters. The molecule has 2 heteroatoms. The highest BCUT2D eigenvalue weighted by molar-refractivity contribution is 8.14. The predicted molar refractivity (Wildman–Crippen MR) is 51.3 cm³/mol. The van der Waals surface area contributed by atoms with E-state index in [0.717, 1.165) is 0 Å². The van der Waals surface area contributed by atoms with E-state index >= 15 is 0 Å². The fraction of sp³-hybridized carbons (Fsp3) is 0.889. The van der Waals surface area contributed by atoms with Crippen molar-refractivity contribution < 1.29 is 0 Å². The Morgan fingerprint density at radius 3 is 2.45 bits per heavy atom. The molecule has 1 nitrogen and oxygen atoms in total. The van der Waals surface area contributed by atoms with Crippen LogP contribution in [0.4, 0.5) is 0 Å². The maximum absolute atomic E-state index is 4.80. The second kappa shape index (κ2) is 2.51. The lowest BCUT2D eigenvalue weighted by Gasteiger charge is -2.34. The molecule has 1 aliphatic carbocycles. The molecule has 0 aromatic heterocycles. The zero-order valence-electron chi connectivity index (χ0n) is 7.26. The smallest absolute Gasteiger partial charge is 0.0711 e. The minimum atomic E-state index is 0.421. The highest BCUT2D eigenvalue weighted by atomic mass is 32.2. The van der Waals surface area contributed by atoms with Crippen molar-refractivity contribution in [2.24, 2.45) is 10.9 Å². The SMILES string of the molecule is CC(C)C1=NC2(CCC2)CS1. The summed E-state index contributed by atoms with van der Waals surface area (Å²) in [4.78, 5) is 4.80. The largest absolute Gasteiger partial charge is 0.275 e. The normalized spacial score (nSPS) is 27.4. The lowest BCUT2D eigenvalue weighted by molar-refractivity contribution is 0.290. The van der Waals surface area contributed by atoms with E-state index in [1.54, 1.807) is 0 Å². The number of thioether (sulfide) groups is 1. The van der Waals surface area contributed by atoms with Crippen molar-refractivity contribution in [3.05, 3.63) is 0 Å². The van der Waals surface area contributed by atoms with Gasteiger partial charge < -0.3 is 0 Å². The molecule has 0 unspecified atom stereocenters. The van der Waals surface area contributed by atoms with E-state index in [-0.39, 0.29) is 0 Å². The number of aliphatic imine (C=N–C) groups is 1. The van der Waals surface area contributed by atoms with Gasteiger partial charge in [0.05, 0.1) is 10.6 Å². The maximum atomic E-state index is 4.80. The van der Waals surface area contributed by atoms with Crippen molar-refractivity contribution in [3.63, 3.8) is 0 Å². The van der Waals surface area contributed by atoms with Crippen molar-refractivity contribution in [1.29, 1.82) is 0 Å². The van der Waals surface area contributed by atoms with Gasteiger partial charge >= 0.3 is 0 Å². The minimum absolute atomic E-state index is 0.421. The van der Waals surface area contributed by atoms with Crippen LogP contribution in [-0.4, -0.2) is 16.3 Å². The van der Waals surface area contributed by atoms with Crippen molar-refractivity contribution in [2.45, 2.75) is 38.6 Å². The molecule has 0 amide bonds. The molecule has 2 rings (SSSR count). The molecule has 1 aliphatic heterocycles. The fourth-order valence-electron chi connectivity index (χ4n) is 1.64. The third-order valence-corrected chi connectivity index (χ3v) is 4.15. The van der Waals surface area contributed by atoms with Crippen LogP contribution in [0.3, 0.4) is 0 Å². The zero-order chi connectivity index (χ0) is 7.90. The quantitative estimate of drug-likeness (QED) is 0.588. The predicted octanol–water partition coefficient (Wildman–Crippen LogP) is 2.71. The third kappa shape index (κ3) is 1.22. The average Bonchev–Trinajstić information content (AvgIpc) is 2.28. The van der Waals surface area contributed by atoms with Gasteiger partial charge in [0.15, 0.2) is 0 Å². The summed E-state index contributed by atoms with van der Waals surface area (Å²) in [5.41, 5.74) is 0.421. The van der Waals surface area contributed by atoms with Crippen LogP contribution in [0.5, 0.6) is 0 Å². The molecule has 2 aliphatic rings. The molecule has 0 aromatic carbocycles. The summed E-state index contributed by atoms with van der Waals surface area (Å²) in [5, 5.41) is 1.39. The third-order valence-electron chi connectivity index (χ3n) is 2.61. The van der Waals surface area contributed by atoms with Crippen molar-refractivity contribution in [2.75, 3.05) is 5.75 Å². The Bertz CT molecular complexity index is 192. The monoisotopic (exact) mass is 169 g/mol. The Labute approximate surface area is 72.7 Å². The fourth-order valence-corrected chi connectivity index (χ4v) is 3.00. The molecule has 1 spiro atoms. The van der Waals surface area contributed by atoms with Crippen molar-refractivity contribution >= 4 is 16.8 Å². The number of nitrogens with zero attached hydrogens (tertiary/aromatic N) is 1. The molecule has 11 heavy (non-hydrogen) atoms. The van der Waals surface area contributed by atoms with E-state index in [0.29, 0.717) is 11.5 Å². The first-order valence-electron chi connectivity index (χ1n) is 4.44. The summed E-state index contributed by atoms with van der Waals surface area (Å²) >= 11 is 1.98. The summed E-state index contributed by atoms with van der Waals surface area (Å²) in [6.45, 7) is 4.48. The van der Waals surface area contributed by atoms with Crippen LogP contribution in [-0.2, 0) is 0 Å².